The molecule has 1 nitrogen and oxygen atoms in total. The Kier molecular flexibility index (Phi) is 11.2. The van der Waals surface area contributed by atoms with Gasteiger partial charge in [0.25, 0.3) is 0 Å². The summed E-state index contributed by atoms with van der Waals surface area (Å²) in [7, 11) is 0. The van der Waals surface area contributed by atoms with Crippen LogP contribution in [-0.4, -0.2) is 5.71 Å². The van der Waals surface area contributed by atoms with E-state index in [-0.39, 0.29) is 10.8 Å². The van der Waals surface area contributed by atoms with Crippen LogP contribution >= 0.6 is 0 Å². The van der Waals surface area contributed by atoms with Crippen LogP contribution in [0.3, 0.4) is 0 Å². The lowest BCUT2D eigenvalue weighted by Crippen LogP contribution is -2.24. The average Bonchev–Trinajstić information content (AvgIpc) is 2.68. The van der Waals surface area contributed by atoms with Gasteiger partial charge in [-0.05, 0) is 66.4 Å². The molecule has 0 saturated heterocycles. The molecule has 0 fully saturated rings. The van der Waals surface area contributed by atoms with Gasteiger partial charge < -0.3 is 0 Å². The van der Waals surface area contributed by atoms with E-state index >= 15 is 0 Å². The van der Waals surface area contributed by atoms with Crippen LogP contribution in [0.2, 0.25) is 0 Å². The number of rotatable bonds is 11. The lowest BCUT2D eigenvalue weighted by atomic mass is 9.70. The zero-order valence-corrected chi connectivity index (χ0v) is 21.2. The second-order valence-corrected chi connectivity index (χ2v) is 9.71. The Bertz CT molecular complexity index is 868. The van der Waals surface area contributed by atoms with Crippen LogP contribution < -0.4 is 0 Å². The summed E-state index contributed by atoms with van der Waals surface area (Å²) >= 11 is 0. The highest BCUT2D eigenvalue weighted by Gasteiger charge is 2.30. The fourth-order valence-corrected chi connectivity index (χ4v) is 3.61. The fourth-order valence-electron chi connectivity index (χ4n) is 3.61. The Labute approximate surface area is 192 Å². The monoisotopic (exact) mass is 417 g/mol. The van der Waals surface area contributed by atoms with Crippen LogP contribution in [0.4, 0.5) is 0 Å². The number of hydrogen-bond donors (Lipinski definition) is 0. The predicted molar refractivity (Wildman–Crippen MR) is 144 cm³/mol. The van der Waals surface area contributed by atoms with Crippen LogP contribution in [0, 0.1) is 10.8 Å². The van der Waals surface area contributed by atoms with Crippen molar-refractivity contribution in [3.63, 3.8) is 0 Å². The van der Waals surface area contributed by atoms with Gasteiger partial charge in [0.15, 0.2) is 0 Å². The summed E-state index contributed by atoms with van der Waals surface area (Å²) < 4.78 is 0. The normalized spacial score (nSPS) is 14.9. The predicted octanol–water partition coefficient (Wildman–Crippen LogP) is 9.28. The molecule has 0 amide bonds. The van der Waals surface area contributed by atoms with Crippen molar-refractivity contribution in [2.24, 2.45) is 15.8 Å². The van der Waals surface area contributed by atoms with Gasteiger partial charge in [-0.3, -0.25) is 0 Å². The highest BCUT2D eigenvalue weighted by Crippen LogP contribution is 2.41. The SMILES string of the molecule is C=C\C=C/C(=N/C(C(/C=C\C)=C(/C)C=C)=C(\C)C=C)C(=C)C(=C)C(C)(C)CC(C)(C)C. The Balaban J connectivity index is 6.80. The summed E-state index contributed by atoms with van der Waals surface area (Å²) in [5.74, 6) is 0. The lowest BCUT2D eigenvalue weighted by Gasteiger charge is -2.35. The molecule has 0 aromatic rings. The standard InChI is InChI=1S/C30H43N/c1-14-18-20-27(24(7)25(8)30(12,13)21-29(9,10)11)31-28(23(6)17-4)26(19-15-2)22(5)16-3/h14-20H,1,3-4,7-8,21H2,2,5-6,9-13H3/b19-15-,20-18-,26-22-,28-23+,31-27-. The first kappa shape index (κ1) is 28.3. The summed E-state index contributed by atoms with van der Waals surface area (Å²) in [5, 5.41) is 0. The van der Waals surface area contributed by atoms with Crippen molar-refractivity contribution in [2.45, 2.75) is 61.8 Å². The largest absolute Gasteiger partial charge is 0.248 e. The fraction of sp³-hybridized carbons (Fsp3) is 0.367. The van der Waals surface area contributed by atoms with E-state index < -0.39 is 0 Å². The summed E-state index contributed by atoms with van der Waals surface area (Å²) in [6.45, 7) is 37.8. The topological polar surface area (TPSA) is 12.4 Å². The van der Waals surface area contributed by atoms with Gasteiger partial charge in [-0.15, -0.1) is 0 Å². The molecule has 0 spiro atoms. The maximum Gasteiger partial charge on any atom is 0.0740 e. The van der Waals surface area contributed by atoms with Crippen LogP contribution in [-0.2, 0) is 0 Å². The van der Waals surface area contributed by atoms with E-state index in [0.29, 0.717) is 0 Å². The first-order chi connectivity index (χ1) is 14.2. The Hall–Kier alpha value is -2.67. The molecule has 0 aliphatic carbocycles. The average molecular weight is 418 g/mol. The molecule has 0 rings (SSSR count). The number of aliphatic imine (C=N–C) groups is 1. The Morgan fingerprint density at radius 1 is 0.871 bits per heavy atom. The molecule has 0 aliphatic rings. The Morgan fingerprint density at radius 2 is 1.42 bits per heavy atom. The van der Waals surface area contributed by atoms with E-state index in [0.717, 1.165) is 45.7 Å². The van der Waals surface area contributed by atoms with Crippen molar-refractivity contribution in [2.75, 3.05) is 0 Å². The van der Waals surface area contributed by atoms with E-state index in [1.165, 1.54) is 0 Å². The minimum absolute atomic E-state index is 0.117. The summed E-state index contributed by atoms with van der Waals surface area (Å²) in [4.78, 5) is 5.08. The first-order valence-corrected chi connectivity index (χ1v) is 10.8. The van der Waals surface area contributed by atoms with Crippen LogP contribution in [0.25, 0.3) is 0 Å². The molecule has 0 aromatic heterocycles. The molecular weight excluding hydrogens is 374 g/mol. The van der Waals surface area contributed by atoms with Gasteiger partial charge in [0.2, 0.25) is 0 Å². The molecule has 0 saturated carbocycles. The van der Waals surface area contributed by atoms with Crippen molar-refractivity contribution in [1.82, 2.24) is 0 Å². The molecule has 0 radical (unpaired) electrons. The van der Waals surface area contributed by atoms with Crippen LogP contribution in [0.5, 0.6) is 0 Å². The summed E-state index contributed by atoms with van der Waals surface area (Å²) in [5.41, 5.74) is 6.52. The van der Waals surface area contributed by atoms with Crippen molar-refractivity contribution >= 4 is 5.71 Å². The maximum absolute atomic E-state index is 5.08. The van der Waals surface area contributed by atoms with E-state index in [1.54, 1.807) is 6.08 Å². The number of allylic oxidation sites excluding steroid dienone is 11. The second kappa shape index (κ2) is 12.2. The van der Waals surface area contributed by atoms with Gasteiger partial charge in [0.1, 0.15) is 0 Å². The molecule has 0 aromatic carbocycles. The molecule has 0 atom stereocenters. The van der Waals surface area contributed by atoms with Gasteiger partial charge in [-0.2, -0.15) is 0 Å². The third kappa shape index (κ3) is 8.92. The van der Waals surface area contributed by atoms with Crippen LogP contribution in [0.15, 0.2) is 114 Å². The minimum Gasteiger partial charge on any atom is -0.248 e. The van der Waals surface area contributed by atoms with E-state index in [2.05, 4.69) is 73.6 Å². The van der Waals surface area contributed by atoms with Crippen LogP contribution in [0.1, 0.15) is 61.8 Å². The number of nitrogens with zero attached hydrogens (tertiary/aromatic N) is 1. The summed E-state index contributed by atoms with van der Waals surface area (Å²) in [6, 6.07) is 0. The third-order valence-electron chi connectivity index (χ3n) is 5.08. The van der Waals surface area contributed by atoms with Gasteiger partial charge in [0, 0.05) is 5.57 Å². The van der Waals surface area contributed by atoms with Gasteiger partial charge >= 0.3 is 0 Å². The lowest BCUT2D eigenvalue weighted by molar-refractivity contribution is 0.253. The smallest absolute Gasteiger partial charge is 0.0740 e. The molecule has 0 N–H and O–H groups in total. The highest BCUT2D eigenvalue weighted by molar-refractivity contribution is 6.11. The summed E-state index contributed by atoms with van der Waals surface area (Å²) in [6.07, 6.45) is 14.3. The van der Waals surface area contributed by atoms with Crippen molar-refractivity contribution in [3.8, 4) is 0 Å². The van der Waals surface area contributed by atoms with Gasteiger partial charge in [-0.1, -0.05) is 104 Å². The number of hydrogen-bond acceptors (Lipinski definition) is 1. The molecule has 0 bridgehead atoms. The van der Waals surface area contributed by atoms with E-state index in [4.69, 9.17) is 4.99 Å². The van der Waals surface area contributed by atoms with Crippen molar-refractivity contribution < 1.29 is 0 Å². The van der Waals surface area contributed by atoms with Gasteiger partial charge in [-0.25, -0.2) is 4.99 Å². The maximum atomic E-state index is 5.08. The zero-order chi connectivity index (χ0) is 24.4. The van der Waals surface area contributed by atoms with E-state index in [1.807, 2.05) is 51.2 Å². The van der Waals surface area contributed by atoms with Gasteiger partial charge in [0.05, 0.1) is 11.4 Å². The molecule has 168 valence electrons. The molecule has 0 aliphatic heterocycles. The molecule has 0 unspecified atom stereocenters. The third-order valence-corrected chi connectivity index (χ3v) is 5.08. The molecular formula is C30H43N. The quantitative estimate of drug-likeness (QED) is 0.234. The minimum atomic E-state index is -0.117. The van der Waals surface area contributed by atoms with Crippen molar-refractivity contribution in [3.05, 3.63) is 109 Å². The van der Waals surface area contributed by atoms with E-state index in [9.17, 15) is 0 Å². The Morgan fingerprint density at radius 3 is 1.84 bits per heavy atom. The molecule has 0 heterocycles. The molecule has 1 heteroatoms. The highest BCUT2D eigenvalue weighted by atomic mass is 14.8. The molecule has 31 heavy (non-hydrogen) atoms. The first-order valence-electron chi connectivity index (χ1n) is 10.8. The zero-order valence-electron chi connectivity index (χ0n) is 21.2. The van der Waals surface area contributed by atoms with Crippen molar-refractivity contribution in [1.29, 1.82) is 0 Å². The second-order valence-electron chi connectivity index (χ2n) is 9.71.